The smallest absolute Gasteiger partial charge is 0.365 e. The molecule has 0 saturated carbocycles. The summed E-state index contributed by atoms with van der Waals surface area (Å²) < 4.78 is 14.6. The first kappa shape index (κ1) is 10.2. The molecule has 0 aliphatic rings. The molecule has 0 saturated heterocycles. The van der Waals surface area contributed by atoms with Crippen molar-refractivity contribution in [3.63, 3.8) is 0 Å². The molecule has 0 heterocycles. The minimum Gasteiger partial charge on any atom is -0.426 e. The standard InChI is InChI=1S/C6H7O3P.H3N/c7-10(8)9-6-4-2-1-3-5-6;/h1-5,10H,(H,7,8);1H3. The van der Waals surface area contributed by atoms with E-state index in [1.165, 1.54) is 0 Å². The van der Waals surface area contributed by atoms with E-state index < -0.39 is 8.25 Å². The molecule has 1 unspecified atom stereocenters. The molecular formula is C6H10NO3P. The molecule has 62 valence electrons. The molecule has 0 aromatic heterocycles. The van der Waals surface area contributed by atoms with Crippen LogP contribution in [0.3, 0.4) is 0 Å². The van der Waals surface area contributed by atoms with E-state index in [0.717, 1.165) is 0 Å². The Balaban J connectivity index is 0.000001000. The van der Waals surface area contributed by atoms with Crippen LogP contribution in [0.15, 0.2) is 30.3 Å². The van der Waals surface area contributed by atoms with Gasteiger partial charge in [-0.1, -0.05) is 18.2 Å². The average Bonchev–Trinajstić information content (AvgIpc) is 1.88. The maximum Gasteiger partial charge on any atom is 0.365 e. The summed E-state index contributed by atoms with van der Waals surface area (Å²) in [7, 11) is -2.84. The summed E-state index contributed by atoms with van der Waals surface area (Å²) in [6.45, 7) is 0. The van der Waals surface area contributed by atoms with Crippen LogP contribution in [0.1, 0.15) is 0 Å². The molecule has 0 amide bonds. The van der Waals surface area contributed by atoms with Gasteiger partial charge >= 0.3 is 8.25 Å². The fourth-order valence-electron chi connectivity index (χ4n) is 0.589. The van der Waals surface area contributed by atoms with Crippen LogP contribution in [0.4, 0.5) is 0 Å². The SMILES string of the molecule is N.O=[PH](O)Oc1ccccc1. The number of rotatable bonds is 2. The van der Waals surface area contributed by atoms with Crippen LogP contribution in [-0.4, -0.2) is 4.89 Å². The second-order valence-corrected chi connectivity index (χ2v) is 2.42. The Morgan fingerprint density at radius 1 is 1.27 bits per heavy atom. The second kappa shape index (κ2) is 4.91. The lowest BCUT2D eigenvalue weighted by molar-refractivity contribution is 0.410. The van der Waals surface area contributed by atoms with Crippen molar-refractivity contribution in [3.05, 3.63) is 30.3 Å². The van der Waals surface area contributed by atoms with Gasteiger partial charge in [0.25, 0.3) is 0 Å². The van der Waals surface area contributed by atoms with Gasteiger partial charge in [0.15, 0.2) is 0 Å². The Bertz CT molecular complexity index is 227. The van der Waals surface area contributed by atoms with E-state index in [9.17, 15) is 4.57 Å². The monoisotopic (exact) mass is 175 g/mol. The van der Waals surface area contributed by atoms with E-state index in [0.29, 0.717) is 5.75 Å². The molecule has 4 N–H and O–H groups in total. The summed E-state index contributed by atoms with van der Waals surface area (Å²) in [6, 6.07) is 8.53. The van der Waals surface area contributed by atoms with Gasteiger partial charge in [0, 0.05) is 0 Å². The summed E-state index contributed by atoms with van der Waals surface area (Å²) in [4.78, 5) is 8.33. The minimum absolute atomic E-state index is 0. The predicted molar refractivity (Wildman–Crippen MR) is 43.3 cm³/mol. The van der Waals surface area contributed by atoms with Crippen LogP contribution in [0, 0.1) is 0 Å². The average molecular weight is 175 g/mol. The third kappa shape index (κ3) is 3.78. The molecule has 1 aromatic rings. The van der Waals surface area contributed by atoms with Gasteiger partial charge in [-0.3, -0.25) is 0 Å². The summed E-state index contributed by atoms with van der Waals surface area (Å²) in [5.74, 6) is 0.425. The molecule has 0 radical (unpaired) electrons. The van der Waals surface area contributed by atoms with Gasteiger partial charge in [0.2, 0.25) is 0 Å². The Kier molecular flexibility index (Phi) is 4.54. The van der Waals surface area contributed by atoms with Crippen molar-refractivity contribution in [2.75, 3.05) is 0 Å². The lowest BCUT2D eigenvalue weighted by Gasteiger charge is -1.98. The highest BCUT2D eigenvalue weighted by Gasteiger charge is 1.92. The second-order valence-electron chi connectivity index (χ2n) is 1.68. The molecule has 11 heavy (non-hydrogen) atoms. The van der Waals surface area contributed by atoms with E-state index in [1.54, 1.807) is 30.3 Å². The fourth-order valence-corrected chi connectivity index (χ4v) is 0.927. The highest BCUT2D eigenvalue weighted by Crippen LogP contribution is 2.21. The molecule has 0 aliphatic heterocycles. The van der Waals surface area contributed by atoms with Crippen LogP contribution in [-0.2, 0) is 4.57 Å². The summed E-state index contributed by atoms with van der Waals surface area (Å²) in [5.41, 5.74) is 0. The molecular weight excluding hydrogens is 165 g/mol. The van der Waals surface area contributed by atoms with E-state index >= 15 is 0 Å². The zero-order chi connectivity index (χ0) is 7.40. The molecule has 0 fully saturated rings. The Morgan fingerprint density at radius 3 is 2.27 bits per heavy atom. The molecule has 1 rings (SSSR count). The van der Waals surface area contributed by atoms with Gasteiger partial charge in [0.1, 0.15) is 5.75 Å². The topological polar surface area (TPSA) is 81.5 Å². The van der Waals surface area contributed by atoms with Crippen molar-refractivity contribution in [3.8, 4) is 5.75 Å². The molecule has 0 spiro atoms. The molecule has 0 bridgehead atoms. The zero-order valence-corrected chi connectivity index (χ0v) is 6.86. The normalized spacial score (nSPS) is 11.4. The number of hydrogen-bond acceptors (Lipinski definition) is 3. The van der Waals surface area contributed by atoms with Gasteiger partial charge < -0.3 is 15.6 Å². The molecule has 0 aliphatic carbocycles. The molecule has 1 atom stereocenters. The van der Waals surface area contributed by atoms with E-state index in [4.69, 9.17) is 4.89 Å². The fraction of sp³-hybridized carbons (Fsp3) is 0. The minimum atomic E-state index is -2.84. The first-order valence-electron chi connectivity index (χ1n) is 2.75. The maximum atomic E-state index is 10.1. The largest absolute Gasteiger partial charge is 0.426 e. The maximum absolute atomic E-state index is 10.1. The van der Waals surface area contributed by atoms with Crippen molar-refractivity contribution in [1.82, 2.24) is 6.15 Å². The van der Waals surface area contributed by atoms with Crippen LogP contribution in [0.2, 0.25) is 0 Å². The third-order valence-corrected chi connectivity index (χ3v) is 1.36. The highest BCUT2D eigenvalue weighted by atomic mass is 31.1. The van der Waals surface area contributed by atoms with E-state index in [2.05, 4.69) is 4.52 Å². The van der Waals surface area contributed by atoms with E-state index in [-0.39, 0.29) is 6.15 Å². The first-order valence-corrected chi connectivity index (χ1v) is 4.01. The van der Waals surface area contributed by atoms with Crippen molar-refractivity contribution < 1.29 is 14.0 Å². The number of hydrogen-bond donors (Lipinski definition) is 2. The van der Waals surface area contributed by atoms with Gasteiger partial charge in [0.05, 0.1) is 0 Å². The van der Waals surface area contributed by atoms with Gasteiger partial charge in [-0.25, -0.2) is 4.57 Å². The molecule has 5 heteroatoms. The summed E-state index contributed by atoms with van der Waals surface area (Å²) >= 11 is 0. The Hall–Kier alpha value is -0.830. The van der Waals surface area contributed by atoms with Gasteiger partial charge in [-0.2, -0.15) is 0 Å². The summed E-state index contributed by atoms with van der Waals surface area (Å²) in [6.07, 6.45) is 0. The Morgan fingerprint density at radius 2 is 1.82 bits per heavy atom. The van der Waals surface area contributed by atoms with Crippen LogP contribution < -0.4 is 10.7 Å². The number of benzene rings is 1. The van der Waals surface area contributed by atoms with Crippen LogP contribution in [0.25, 0.3) is 0 Å². The van der Waals surface area contributed by atoms with E-state index in [1.807, 2.05) is 0 Å². The molecule has 1 aromatic carbocycles. The highest BCUT2D eigenvalue weighted by molar-refractivity contribution is 7.32. The first-order chi connectivity index (χ1) is 4.79. The molecule has 4 nitrogen and oxygen atoms in total. The summed E-state index contributed by atoms with van der Waals surface area (Å²) in [5, 5.41) is 0. The number of para-hydroxylation sites is 1. The third-order valence-electron chi connectivity index (χ3n) is 0.948. The van der Waals surface area contributed by atoms with Crippen molar-refractivity contribution in [1.29, 1.82) is 0 Å². The Labute approximate surface area is 65.4 Å². The van der Waals surface area contributed by atoms with Crippen molar-refractivity contribution >= 4 is 8.25 Å². The lowest BCUT2D eigenvalue weighted by Crippen LogP contribution is -1.77. The predicted octanol–water partition coefficient (Wildman–Crippen LogP) is 1.61. The zero-order valence-electron chi connectivity index (χ0n) is 5.86. The van der Waals surface area contributed by atoms with Gasteiger partial charge in [-0.05, 0) is 12.1 Å². The van der Waals surface area contributed by atoms with Crippen molar-refractivity contribution in [2.45, 2.75) is 0 Å². The lowest BCUT2D eigenvalue weighted by atomic mass is 10.3. The van der Waals surface area contributed by atoms with Gasteiger partial charge in [-0.15, -0.1) is 0 Å². The van der Waals surface area contributed by atoms with Crippen molar-refractivity contribution in [2.24, 2.45) is 0 Å². The quantitative estimate of drug-likeness (QED) is 0.669. The van der Waals surface area contributed by atoms with Crippen LogP contribution >= 0.6 is 8.25 Å². The van der Waals surface area contributed by atoms with Crippen LogP contribution in [0.5, 0.6) is 5.75 Å².